The van der Waals surface area contributed by atoms with E-state index in [4.69, 9.17) is 5.11 Å². The van der Waals surface area contributed by atoms with Crippen molar-refractivity contribution in [1.82, 2.24) is 10.2 Å². The van der Waals surface area contributed by atoms with E-state index >= 15 is 0 Å². The first-order valence-electron chi connectivity index (χ1n) is 7.90. The highest BCUT2D eigenvalue weighted by Gasteiger charge is 2.17. The van der Waals surface area contributed by atoms with E-state index in [-0.39, 0.29) is 6.42 Å². The molecule has 1 aliphatic heterocycles. The molecule has 0 bridgehead atoms. The van der Waals surface area contributed by atoms with Crippen LogP contribution in [-0.2, 0) is 17.8 Å². The maximum absolute atomic E-state index is 11.0. The smallest absolute Gasteiger partial charge is 0.307 e. The van der Waals surface area contributed by atoms with Crippen LogP contribution in [0.1, 0.15) is 30.9 Å². The summed E-state index contributed by atoms with van der Waals surface area (Å²) in [6.07, 6.45) is 2.66. The van der Waals surface area contributed by atoms with Crippen molar-refractivity contribution in [2.75, 3.05) is 26.2 Å². The highest BCUT2D eigenvalue weighted by molar-refractivity contribution is 5.70. The van der Waals surface area contributed by atoms with Crippen LogP contribution in [0.5, 0.6) is 0 Å². The summed E-state index contributed by atoms with van der Waals surface area (Å²) in [5, 5.41) is 12.5. The van der Waals surface area contributed by atoms with Crippen LogP contribution in [0.25, 0.3) is 0 Å². The Morgan fingerprint density at radius 2 is 2.14 bits per heavy atom. The molecular formula is C17H26N2O2. The first-order chi connectivity index (χ1) is 10.2. The topological polar surface area (TPSA) is 52.6 Å². The fourth-order valence-corrected chi connectivity index (χ4v) is 3.04. The Labute approximate surface area is 127 Å². The largest absolute Gasteiger partial charge is 0.481 e. The minimum Gasteiger partial charge on any atom is -0.481 e. The van der Waals surface area contributed by atoms with E-state index in [1.54, 1.807) is 0 Å². The number of hydrogen-bond donors (Lipinski definition) is 2. The van der Waals surface area contributed by atoms with Crippen LogP contribution in [0.2, 0.25) is 0 Å². The minimum absolute atomic E-state index is 0.110. The molecule has 1 atom stereocenters. The molecule has 1 unspecified atom stereocenters. The third kappa shape index (κ3) is 5.14. The van der Waals surface area contributed by atoms with Gasteiger partial charge in [0.1, 0.15) is 0 Å². The minimum atomic E-state index is -0.762. The second kappa shape index (κ2) is 8.15. The van der Waals surface area contributed by atoms with Crippen LogP contribution in [0, 0.1) is 5.92 Å². The summed E-state index contributed by atoms with van der Waals surface area (Å²) >= 11 is 0. The van der Waals surface area contributed by atoms with Crippen molar-refractivity contribution in [1.29, 1.82) is 0 Å². The molecule has 1 fully saturated rings. The second-order valence-electron chi connectivity index (χ2n) is 5.88. The molecule has 2 N–H and O–H groups in total. The Balaban J connectivity index is 1.98. The molecule has 1 heterocycles. The zero-order valence-corrected chi connectivity index (χ0v) is 12.8. The summed E-state index contributed by atoms with van der Waals surface area (Å²) in [6.45, 7) is 7.35. The predicted octanol–water partition coefficient (Wildman–Crippen LogP) is 2.14. The zero-order chi connectivity index (χ0) is 15.1. The number of nitrogens with one attached hydrogen (secondary N) is 1. The summed E-state index contributed by atoms with van der Waals surface area (Å²) in [4.78, 5) is 13.4. The monoisotopic (exact) mass is 290 g/mol. The van der Waals surface area contributed by atoms with Gasteiger partial charge in [-0.05, 0) is 49.5 Å². The first kappa shape index (κ1) is 16.0. The first-order valence-corrected chi connectivity index (χ1v) is 7.90. The number of rotatable bonds is 7. The average Bonchev–Trinajstić information content (AvgIpc) is 2.49. The number of piperidine rings is 1. The van der Waals surface area contributed by atoms with Gasteiger partial charge in [-0.2, -0.15) is 0 Å². The van der Waals surface area contributed by atoms with Crippen LogP contribution in [0.3, 0.4) is 0 Å². The predicted molar refractivity (Wildman–Crippen MR) is 84.3 cm³/mol. The lowest BCUT2D eigenvalue weighted by Gasteiger charge is -2.29. The van der Waals surface area contributed by atoms with Gasteiger partial charge in [-0.15, -0.1) is 0 Å². The van der Waals surface area contributed by atoms with Gasteiger partial charge in [0, 0.05) is 13.1 Å². The third-order valence-electron chi connectivity index (χ3n) is 4.22. The maximum Gasteiger partial charge on any atom is 0.307 e. The van der Waals surface area contributed by atoms with Crippen molar-refractivity contribution in [2.45, 2.75) is 32.7 Å². The molecule has 1 saturated heterocycles. The highest BCUT2D eigenvalue weighted by atomic mass is 16.4. The quantitative estimate of drug-likeness (QED) is 0.808. The number of nitrogens with zero attached hydrogens (tertiary/aromatic N) is 1. The molecule has 0 aromatic heterocycles. The van der Waals surface area contributed by atoms with E-state index < -0.39 is 5.97 Å². The summed E-state index contributed by atoms with van der Waals surface area (Å²) in [6, 6.07) is 7.90. The van der Waals surface area contributed by atoms with Crippen LogP contribution >= 0.6 is 0 Å². The fraction of sp³-hybridized carbons (Fsp3) is 0.588. The lowest BCUT2D eigenvalue weighted by Crippen LogP contribution is -2.38. The van der Waals surface area contributed by atoms with Crippen molar-refractivity contribution in [3.05, 3.63) is 35.4 Å². The van der Waals surface area contributed by atoms with Gasteiger partial charge in [0.25, 0.3) is 0 Å². The van der Waals surface area contributed by atoms with Gasteiger partial charge >= 0.3 is 5.97 Å². The Bertz CT molecular complexity index is 456. The van der Waals surface area contributed by atoms with E-state index in [0.29, 0.717) is 5.92 Å². The molecule has 116 valence electrons. The van der Waals surface area contributed by atoms with Crippen LogP contribution in [-0.4, -0.2) is 42.2 Å². The number of carboxylic acids is 1. The number of benzene rings is 1. The van der Waals surface area contributed by atoms with Crippen LogP contribution < -0.4 is 5.32 Å². The summed E-state index contributed by atoms with van der Waals surface area (Å²) < 4.78 is 0. The van der Waals surface area contributed by atoms with Crippen molar-refractivity contribution in [2.24, 2.45) is 5.92 Å². The molecule has 0 saturated carbocycles. The van der Waals surface area contributed by atoms with Crippen molar-refractivity contribution >= 4 is 5.97 Å². The van der Waals surface area contributed by atoms with Gasteiger partial charge in [0.05, 0.1) is 6.42 Å². The number of carbonyl (C=O) groups is 1. The summed E-state index contributed by atoms with van der Waals surface area (Å²) in [5.41, 5.74) is 2.08. The van der Waals surface area contributed by atoms with Gasteiger partial charge in [0.2, 0.25) is 0 Å². The van der Waals surface area contributed by atoms with Gasteiger partial charge in [-0.25, -0.2) is 0 Å². The lowest BCUT2D eigenvalue weighted by molar-refractivity contribution is -0.136. The maximum atomic E-state index is 11.0. The van der Waals surface area contributed by atoms with Gasteiger partial charge in [-0.3, -0.25) is 9.69 Å². The Kier molecular flexibility index (Phi) is 6.21. The van der Waals surface area contributed by atoms with E-state index in [0.717, 1.165) is 43.9 Å². The molecule has 2 rings (SSSR count). The molecule has 0 radical (unpaired) electrons. The van der Waals surface area contributed by atoms with E-state index in [1.807, 2.05) is 18.2 Å². The van der Waals surface area contributed by atoms with E-state index in [9.17, 15) is 4.79 Å². The Hall–Kier alpha value is -1.39. The van der Waals surface area contributed by atoms with Crippen LogP contribution in [0.4, 0.5) is 0 Å². The second-order valence-corrected chi connectivity index (χ2v) is 5.88. The van der Waals surface area contributed by atoms with Crippen LogP contribution in [0.15, 0.2) is 24.3 Å². The lowest BCUT2D eigenvalue weighted by atomic mass is 9.98. The molecule has 0 amide bonds. The Morgan fingerprint density at radius 3 is 2.76 bits per heavy atom. The molecular weight excluding hydrogens is 264 g/mol. The van der Waals surface area contributed by atoms with Crippen molar-refractivity contribution in [3.8, 4) is 0 Å². The van der Waals surface area contributed by atoms with Gasteiger partial charge in [0.15, 0.2) is 0 Å². The fourth-order valence-electron chi connectivity index (χ4n) is 3.04. The Morgan fingerprint density at radius 1 is 1.38 bits per heavy atom. The zero-order valence-electron chi connectivity index (χ0n) is 12.8. The van der Waals surface area contributed by atoms with Gasteiger partial charge in [-0.1, -0.05) is 31.2 Å². The molecule has 0 aliphatic carbocycles. The molecule has 1 aromatic carbocycles. The average molecular weight is 290 g/mol. The molecule has 1 aromatic rings. The standard InChI is InChI=1S/C17H26N2O2/c1-2-19(12-14-6-5-9-18-11-14)13-16-8-4-3-7-15(16)10-17(20)21/h3-4,7-8,14,18H,2,5-6,9-13H2,1H3,(H,20,21). The van der Waals surface area contributed by atoms with Crippen molar-refractivity contribution in [3.63, 3.8) is 0 Å². The molecule has 21 heavy (non-hydrogen) atoms. The van der Waals surface area contributed by atoms with E-state index in [2.05, 4.69) is 23.2 Å². The summed E-state index contributed by atoms with van der Waals surface area (Å²) in [7, 11) is 0. The normalized spacial score (nSPS) is 18.9. The summed E-state index contributed by atoms with van der Waals surface area (Å²) in [5.74, 6) is -0.0488. The SMILES string of the molecule is CCN(Cc1ccccc1CC(=O)O)CC1CCCNC1. The number of carboxylic acid groups (broad SMARTS) is 1. The van der Waals surface area contributed by atoms with Crippen molar-refractivity contribution < 1.29 is 9.90 Å². The van der Waals surface area contributed by atoms with E-state index in [1.165, 1.54) is 12.8 Å². The molecule has 4 heteroatoms. The highest BCUT2D eigenvalue weighted by Crippen LogP contribution is 2.16. The molecule has 1 aliphatic rings. The molecule has 4 nitrogen and oxygen atoms in total. The van der Waals surface area contributed by atoms with Gasteiger partial charge < -0.3 is 10.4 Å². The number of hydrogen-bond acceptors (Lipinski definition) is 3. The third-order valence-corrected chi connectivity index (χ3v) is 4.22. The molecule has 0 spiro atoms. The number of aliphatic carboxylic acids is 1.